The van der Waals surface area contributed by atoms with Gasteiger partial charge in [-0.25, -0.2) is 4.79 Å². The standard InChI is InChI=1S/C23H25N3O5/c1-15-10-19(16(2)26(15)8-9-30-4)11-20(13-24)23(29)31-14-22(28)25-21-7-5-6-18(12-21)17(3)27/h5-7,10-12H,8-9,14H2,1-4H3,(H,25,28)/b20-11+. The lowest BCUT2D eigenvalue weighted by Crippen LogP contribution is -2.21. The number of nitrogens with one attached hydrogen (secondary N) is 1. The lowest BCUT2D eigenvalue weighted by Gasteiger charge is -2.08. The highest BCUT2D eigenvalue weighted by Gasteiger charge is 2.16. The number of hydrogen-bond donors (Lipinski definition) is 1. The number of esters is 1. The van der Waals surface area contributed by atoms with Gasteiger partial charge in [0.05, 0.1) is 6.61 Å². The number of benzene rings is 1. The SMILES string of the molecule is COCCn1c(C)cc(/C=C(\C#N)C(=O)OCC(=O)Nc2cccc(C(C)=O)c2)c1C. The van der Waals surface area contributed by atoms with E-state index in [1.807, 2.05) is 30.6 Å². The fraction of sp³-hybridized carbons (Fsp3) is 0.304. The molecule has 1 amide bonds. The quantitative estimate of drug-likeness (QED) is 0.287. The maximum atomic E-state index is 12.3. The van der Waals surface area contributed by atoms with Crippen molar-refractivity contribution in [3.63, 3.8) is 0 Å². The van der Waals surface area contributed by atoms with Crippen molar-refractivity contribution in [3.8, 4) is 6.07 Å². The molecule has 2 aromatic rings. The van der Waals surface area contributed by atoms with E-state index in [4.69, 9.17) is 9.47 Å². The van der Waals surface area contributed by atoms with Gasteiger partial charge in [-0.05, 0) is 50.6 Å². The number of nitrogens with zero attached hydrogens (tertiary/aromatic N) is 2. The van der Waals surface area contributed by atoms with Crippen molar-refractivity contribution < 1.29 is 23.9 Å². The number of aryl methyl sites for hydroxylation is 1. The minimum atomic E-state index is -0.892. The van der Waals surface area contributed by atoms with E-state index in [1.165, 1.54) is 19.1 Å². The maximum Gasteiger partial charge on any atom is 0.349 e. The average Bonchev–Trinajstić information content (AvgIpc) is 3.01. The molecule has 1 heterocycles. The summed E-state index contributed by atoms with van der Waals surface area (Å²) < 4.78 is 12.1. The van der Waals surface area contributed by atoms with Crippen molar-refractivity contribution in [1.29, 1.82) is 5.26 Å². The number of carbonyl (C=O) groups excluding carboxylic acids is 3. The first kappa shape index (κ1) is 23.6. The molecule has 162 valence electrons. The van der Waals surface area contributed by atoms with Crippen molar-refractivity contribution in [3.05, 3.63) is 58.4 Å². The first-order valence-corrected chi connectivity index (χ1v) is 9.62. The lowest BCUT2D eigenvalue weighted by atomic mass is 10.1. The van der Waals surface area contributed by atoms with Gasteiger partial charge < -0.3 is 19.4 Å². The highest BCUT2D eigenvalue weighted by molar-refractivity contribution is 6.01. The van der Waals surface area contributed by atoms with Crippen molar-refractivity contribution in [2.75, 3.05) is 25.6 Å². The summed E-state index contributed by atoms with van der Waals surface area (Å²) in [6.07, 6.45) is 1.45. The van der Waals surface area contributed by atoms with Crippen LogP contribution in [0.25, 0.3) is 6.08 Å². The number of rotatable bonds is 9. The van der Waals surface area contributed by atoms with Crippen LogP contribution in [0.1, 0.15) is 34.2 Å². The molecule has 1 N–H and O–H groups in total. The van der Waals surface area contributed by atoms with Gasteiger partial charge in [-0.2, -0.15) is 5.26 Å². The van der Waals surface area contributed by atoms with Crippen molar-refractivity contribution in [1.82, 2.24) is 4.57 Å². The van der Waals surface area contributed by atoms with Gasteiger partial charge in [0.1, 0.15) is 11.6 Å². The Morgan fingerprint density at radius 2 is 1.97 bits per heavy atom. The predicted octanol–water partition coefficient (Wildman–Crippen LogP) is 3.04. The Morgan fingerprint density at radius 1 is 1.23 bits per heavy atom. The van der Waals surface area contributed by atoms with Crippen LogP contribution in [0.3, 0.4) is 0 Å². The van der Waals surface area contributed by atoms with E-state index >= 15 is 0 Å². The number of ketones is 1. The Kier molecular flexibility index (Phi) is 8.29. The molecule has 0 radical (unpaired) electrons. The summed E-state index contributed by atoms with van der Waals surface area (Å²) in [4.78, 5) is 35.8. The van der Waals surface area contributed by atoms with Crippen LogP contribution in [-0.4, -0.2) is 42.6 Å². The molecule has 0 spiro atoms. The monoisotopic (exact) mass is 423 g/mol. The minimum Gasteiger partial charge on any atom is -0.451 e. The van der Waals surface area contributed by atoms with Crippen molar-refractivity contribution in [2.45, 2.75) is 27.3 Å². The van der Waals surface area contributed by atoms with Crippen LogP contribution < -0.4 is 5.32 Å². The number of methoxy groups -OCH3 is 1. The molecule has 8 nitrogen and oxygen atoms in total. The van der Waals surface area contributed by atoms with Crippen LogP contribution in [0.15, 0.2) is 35.9 Å². The van der Waals surface area contributed by atoms with Gasteiger partial charge in [-0.3, -0.25) is 9.59 Å². The van der Waals surface area contributed by atoms with Gasteiger partial charge in [0, 0.05) is 36.3 Å². The van der Waals surface area contributed by atoms with Crippen molar-refractivity contribution in [2.24, 2.45) is 0 Å². The summed E-state index contributed by atoms with van der Waals surface area (Å²) in [6.45, 7) is 5.87. The number of carbonyl (C=O) groups is 3. The molecule has 0 bridgehead atoms. The third-order valence-corrected chi connectivity index (χ3v) is 4.66. The van der Waals surface area contributed by atoms with E-state index in [0.29, 0.717) is 30.0 Å². The topological polar surface area (TPSA) is 110 Å². The lowest BCUT2D eigenvalue weighted by molar-refractivity contribution is -0.142. The molecule has 2 rings (SSSR count). The number of ether oxygens (including phenoxy) is 2. The molecule has 0 aliphatic heterocycles. The van der Waals surface area contributed by atoms with Gasteiger partial charge in [0.15, 0.2) is 12.4 Å². The summed E-state index contributed by atoms with van der Waals surface area (Å²) >= 11 is 0. The Morgan fingerprint density at radius 3 is 2.61 bits per heavy atom. The highest BCUT2D eigenvalue weighted by atomic mass is 16.5. The Labute approximate surface area is 181 Å². The summed E-state index contributed by atoms with van der Waals surface area (Å²) in [5, 5.41) is 11.9. The summed E-state index contributed by atoms with van der Waals surface area (Å²) in [5.74, 6) is -1.60. The van der Waals surface area contributed by atoms with Crippen LogP contribution in [0.2, 0.25) is 0 Å². The molecule has 0 aliphatic rings. The maximum absolute atomic E-state index is 12.3. The highest BCUT2D eigenvalue weighted by Crippen LogP contribution is 2.19. The molecule has 8 heteroatoms. The van der Waals surface area contributed by atoms with Gasteiger partial charge in [0.25, 0.3) is 5.91 Å². The van der Waals surface area contributed by atoms with E-state index in [-0.39, 0.29) is 11.4 Å². The number of amides is 1. The second-order valence-corrected chi connectivity index (χ2v) is 6.90. The first-order valence-electron chi connectivity index (χ1n) is 9.62. The van der Waals surface area contributed by atoms with Gasteiger partial charge in [0.2, 0.25) is 0 Å². The number of nitriles is 1. The normalized spacial score (nSPS) is 11.0. The summed E-state index contributed by atoms with van der Waals surface area (Å²) in [5.41, 5.74) is 3.23. The Balaban J connectivity index is 2.03. The number of Topliss-reactive ketones (excluding diaryl/α,β-unsaturated/α-hetero) is 1. The smallest absolute Gasteiger partial charge is 0.349 e. The minimum absolute atomic E-state index is 0.132. The second-order valence-electron chi connectivity index (χ2n) is 6.90. The van der Waals surface area contributed by atoms with E-state index in [0.717, 1.165) is 11.4 Å². The van der Waals surface area contributed by atoms with Gasteiger partial charge in [-0.15, -0.1) is 0 Å². The Hall–Kier alpha value is -3.70. The zero-order chi connectivity index (χ0) is 23.0. The fourth-order valence-corrected chi connectivity index (χ4v) is 3.01. The molecular weight excluding hydrogens is 398 g/mol. The fourth-order valence-electron chi connectivity index (χ4n) is 3.01. The zero-order valence-electron chi connectivity index (χ0n) is 18.0. The Bertz CT molecular complexity index is 1060. The number of anilines is 1. The molecule has 31 heavy (non-hydrogen) atoms. The summed E-state index contributed by atoms with van der Waals surface area (Å²) in [6, 6.07) is 10.1. The van der Waals surface area contributed by atoms with Crippen LogP contribution in [0.5, 0.6) is 0 Å². The third kappa shape index (κ3) is 6.39. The molecular formula is C23H25N3O5. The summed E-state index contributed by atoms with van der Waals surface area (Å²) in [7, 11) is 1.62. The molecule has 0 unspecified atom stereocenters. The van der Waals surface area contributed by atoms with E-state index in [1.54, 1.807) is 25.3 Å². The van der Waals surface area contributed by atoms with E-state index in [2.05, 4.69) is 5.32 Å². The van der Waals surface area contributed by atoms with E-state index in [9.17, 15) is 19.6 Å². The molecule has 1 aromatic heterocycles. The number of aromatic nitrogens is 1. The second kappa shape index (κ2) is 10.9. The van der Waals surface area contributed by atoms with Crippen LogP contribution in [0.4, 0.5) is 5.69 Å². The third-order valence-electron chi connectivity index (χ3n) is 4.66. The van der Waals surface area contributed by atoms with E-state index < -0.39 is 18.5 Å². The largest absolute Gasteiger partial charge is 0.451 e. The first-order chi connectivity index (χ1) is 14.8. The molecule has 0 atom stereocenters. The van der Waals surface area contributed by atoms with Crippen molar-refractivity contribution >= 4 is 29.4 Å². The van der Waals surface area contributed by atoms with Gasteiger partial charge >= 0.3 is 5.97 Å². The molecule has 1 aromatic carbocycles. The van der Waals surface area contributed by atoms with Crippen LogP contribution in [0, 0.1) is 25.2 Å². The molecule has 0 saturated carbocycles. The van der Waals surface area contributed by atoms with Crippen LogP contribution in [-0.2, 0) is 25.6 Å². The number of hydrogen-bond acceptors (Lipinski definition) is 6. The molecule has 0 aliphatic carbocycles. The molecule has 0 fully saturated rings. The average molecular weight is 423 g/mol. The van der Waals surface area contributed by atoms with Crippen LogP contribution >= 0.6 is 0 Å². The molecule has 0 saturated heterocycles. The zero-order valence-corrected chi connectivity index (χ0v) is 18.0. The predicted molar refractivity (Wildman–Crippen MR) is 115 cm³/mol. The van der Waals surface area contributed by atoms with Gasteiger partial charge in [-0.1, -0.05) is 12.1 Å².